The molecule has 3 aromatic rings. The third-order valence-corrected chi connectivity index (χ3v) is 5.62. The van der Waals surface area contributed by atoms with Crippen LogP contribution in [-0.4, -0.2) is 29.2 Å². The third kappa shape index (κ3) is 3.98. The Labute approximate surface area is 176 Å². The number of nitrogens with one attached hydrogen (secondary N) is 2. The highest BCUT2D eigenvalue weighted by molar-refractivity contribution is 5.79. The molecule has 1 aliphatic heterocycles. The Morgan fingerprint density at radius 3 is 2.50 bits per heavy atom. The van der Waals surface area contributed by atoms with Gasteiger partial charge in [-0.2, -0.15) is 5.26 Å². The Morgan fingerprint density at radius 1 is 1.17 bits per heavy atom. The monoisotopic (exact) mass is 399 g/mol. The second-order valence-corrected chi connectivity index (χ2v) is 7.82. The van der Waals surface area contributed by atoms with Crippen molar-refractivity contribution in [3.05, 3.63) is 70.0 Å². The van der Waals surface area contributed by atoms with Crippen LogP contribution in [-0.2, 0) is 7.05 Å². The molecule has 1 saturated heterocycles. The summed E-state index contributed by atoms with van der Waals surface area (Å²) < 4.78 is 1.67. The summed E-state index contributed by atoms with van der Waals surface area (Å²) in [5, 5.41) is 15.8. The van der Waals surface area contributed by atoms with Crippen LogP contribution >= 0.6 is 0 Å². The molecule has 2 aromatic carbocycles. The summed E-state index contributed by atoms with van der Waals surface area (Å²) in [4.78, 5) is 17.9. The second-order valence-electron chi connectivity index (χ2n) is 7.82. The van der Waals surface area contributed by atoms with E-state index in [0.29, 0.717) is 23.8 Å². The van der Waals surface area contributed by atoms with Gasteiger partial charge in [-0.15, -0.1) is 0 Å². The molecule has 0 spiro atoms. The molecule has 0 bridgehead atoms. The SMILES string of the molecule is Cc1ccc(-c2c(-c3ccc(C#N)cc3)nc(NCC3CCNC3)c(=O)n2C)cc1. The van der Waals surface area contributed by atoms with Gasteiger partial charge in [0.2, 0.25) is 0 Å². The molecule has 2 N–H and O–H groups in total. The lowest BCUT2D eigenvalue weighted by molar-refractivity contribution is 0.613. The normalized spacial score (nSPS) is 15.7. The molecule has 6 nitrogen and oxygen atoms in total. The summed E-state index contributed by atoms with van der Waals surface area (Å²) in [5.74, 6) is 0.853. The van der Waals surface area contributed by atoms with Crippen LogP contribution < -0.4 is 16.2 Å². The van der Waals surface area contributed by atoms with Gasteiger partial charge >= 0.3 is 0 Å². The van der Waals surface area contributed by atoms with Crippen molar-refractivity contribution >= 4 is 5.82 Å². The molecule has 0 aliphatic carbocycles. The van der Waals surface area contributed by atoms with E-state index in [4.69, 9.17) is 10.2 Å². The Kier molecular flexibility index (Phi) is 5.64. The maximum atomic E-state index is 13.1. The first-order valence-electron chi connectivity index (χ1n) is 10.2. The van der Waals surface area contributed by atoms with Gasteiger partial charge in [-0.25, -0.2) is 4.98 Å². The zero-order valence-corrected chi connectivity index (χ0v) is 17.3. The van der Waals surface area contributed by atoms with Gasteiger partial charge in [-0.05, 0) is 44.5 Å². The van der Waals surface area contributed by atoms with Crippen molar-refractivity contribution in [1.82, 2.24) is 14.9 Å². The van der Waals surface area contributed by atoms with Gasteiger partial charge in [0.05, 0.1) is 23.0 Å². The van der Waals surface area contributed by atoms with E-state index in [1.54, 1.807) is 23.7 Å². The molecule has 1 fully saturated rings. The molecule has 1 atom stereocenters. The van der Waals surface area contributed by atoms with Crippen LogP contribution in [0.25, 0.3) is 22.5 Å². The molecule has 0 amide bonds. The smallest absolute Gasteiger partial charge is 0.293 e. The van der Waals surface area contributed by atoms with Crippen molar-refractivity contribution in [3.63, 3.8) is 0 Å². The zero-order chi connectivity index (χ0) is 21.1. The first-order valence-corrected chi connectivity index (χ1v) is 10.2. The number of rotatable bonds is 5. The third-order valence-electron chi connectivity index (χ3n) is 5.62. The van der Waals surface area contributed by atoms with E-state index >= 15 is 0 Å². The zero-order valence-electron chi connectivity index (χ0n) is 17.3. The van der Waals surface area contributed by atoms with Gasteiger partial charge in [-0.1, -0.05) is 42.0 Å². The fourth-order valence-electron chi connectivity index (χ4n) is 3.82. The summed E-state index contributed by atoms with van der Waals surface area (Å²) in [7, 11) is 1.79. The van der Waals surface area contributed by atoms with Crippen LogP contribution in [0.2, 0.25) is 0 Å². The summed E-state index contributed by atoms with van der Waals surface area (Å²) in [5.41, 5.74) is 4.88. The highest BCUT2D eigenvalue weighted by Gasteiger charge is 2.19. The minimum Gasteiger partial charge on any atom is -0.365 e. The maximum Gasteiger partial charge on any atom is 0.293 e. The average Bonchev–Trinajstić information content (AvgIpc) is 3.29. The lowest BCUT2D eigenvalue weighted by atomic mass is 10.0. The van der Waals surface area contributed by atoms with E-state index in [1.807, 2.05) is 43.3 Å². The Hall–Kier alpha value is -3.43. The fraction of sp³-hybridized carbons (Fsp3) is 0.292. The minimum atomic E-state index is -0.145. The number of nitrogens with zero attached hydrogens (tertiary/aromatic N) is 3. The van der Waals surface area contributed by atoms with Crippen molar-refractivity contribution in [2.24, 2.45) is 13.0 Å². The molecule has 2 heterocycles. The quantitative estimate of drug-likeness (QED) is 0.688. The Balaban J connectivity index is 1.82. The van der Waals surface area contributed by atoms with Crippen molar-refractivity contribution in [2.75, 3.05) is 25.0 Å². The summed E-state index contributed by atoms with van der Waals surface area (Å²) in [6.07, 6.45) is 1.09. The van der Waals surface area contributed by atoms with E-state index in [2.05, 4.69) is 16.7 Å². The lowest BCUT2D eigenvalue weighted by Gasteiger charge is -2.18. The molecular weight excluding hydrogens is 374 g/mol. The number of anilines is 1. The van der Waals surface area contributed by atoms with Gasteiger partial charge < -0.3 is 15.2 Å². The second kappa shape index (κ2) is 8.52. The van der Waals surface area contributed by atoms with Crippen LogP contribution in [0.15, 0.2) is 53.3 Å². The molecule has 1 aliphatic rings. The van der Waals surface area contributed by atoms with Crippen LogP contribution in [0.3, 0.4) is 0 Å². The van der Waals surface area contributed by atoms with Crippen molar-refractivity contribution < 1.29 is 0 Å². The first-order chi connectivity index (χ1) is 14.6. The Morgan fingerprint density at radius 2 is 1.87 bits per heavy atom. The molecule has 1 aromatic heterocycles. The topological polar surface area (TPSA) is 82.7 Å². The standard InChI is InChI=1S/C24H25N5O/c1-16-3-7-20(8-4-16)22-21(19-9-5-17(13-25)6-10-19)28-23(24(30)29(22)2)27-15-18-11-12-26-14-18/h3-10,18,26H,11-12,14-15H2,1-2H3,(H,27,28). The van der Waals surface area contributed by atoms with E-state index in [-0.39, 0.29) is 5.56 Å². The number of hydrogen-bond acceptors (Lipinski definition) is 5. The summed E-state index contributed by atoms with van der Waals surface area (Å²) in [6, 6.07) is 17.5. The van der Waals surface area contributed by atoms with Gasteiger partial charge in [0.1, 0.15) is 0 Å². The van der Waals surface area contributed by atoms with Crippen LogP contribution in [0.1, 0.15) is 17.5 Å². The lowest BCUT2D eigenvalue weighted by Crippen LogP contribution is -2.27. The van der Waals surface area contributed by atoms with E-state index in [0.717, 1.165) is 47.6 Å². The van der Waals surface area contributed by atoms with E-state index in [1.165, 1.54) is 0 Å². The van der Waals surface area contributed by atoms with E-state index in [9.17, 15) is 4.79 Å². The summed E-state index contributed by atoms with van der Waals surface area (Å²) >= 11 is 0. The van der Waals surface area contributed by atoms with Crippen molar-refractivity contribution in [3.8, 4) is 28.6 Å². The fourth-order valence-corrected chi connectivity index (χ4v) is 3.82. The van der Waals surface area contributed by atoms with Crippen molar-refractivity contribution in [1.29, 1.82) is 5.26 Å². The highest BCUT2D eigenvalue weighted by atomic mass is 16.1. The highest BCUT2D eigenvalue weighted by Crippen LogP contribution is 2.30. The van der Waals surface area contributed by atoms with Gasteiger partial charge in [0.25, 0.3) is 5.56 Å². The number of benzene rings is 2. The average molecular weight is 399 g/mol. The molecular formula is C24H25N5O. The van der Waals surface area contributed by atoms with Crippen LogP contribution in [0.5, 0.6) is 0 Å². The molecule has 0 radical (unpaired) electrons. The largest absolute Gasteiger partial charge is 0.365 e. The van der Waals surface area contributed by atoms with Crippen LogP contribution in [0.4, 0.5) is 5.82 Å². The van der Waals surface area contributed by atoms with Gasteiger partial charge in [-0.3, -0.25) is 4.79 Å². The maximum absolute atomic E-state index is 13.1. The molecule has 1 unspecified atom stereocenters. The predicted molar refractivity (Wildman–Crippen MR) is 119 cm³/mol. The molecule has 152 valence electrons. The predicted octanol–water partition coefficient (Wildman–Crippen LogP) is 3.32. The van der Waals surface area contributed by atoms with Gasteiger partial charge in [0.15, 0.2) is 5.82 Å². The summed E-state index contributed by atoms with van der Waals surface area (Å²) in [6.45, 7) is 4.72. The minimum absolute atomic E-state index is 0.145. The molecule has 30 heavy (non-hydrogen) atoms. The van der Waals surface area contributed by atoms with Crippen LogP contribution in [0, 0.1) is 24.2 Å². The van der Waals surface area contributed by atoms with E-state index < -0.39 is 0 Å². The number of hydrogen-bond donors (Lipinski definition) is 2. The van der Waals surface area contributed by atoms with Gasteiger partial charge in [0, 0.05) is 24.7 Å². The molecule has 0 saturated carbocycles. The van der Waals surface area contributed by atoms with Crippen molar-refractivity contribution in [2.45, 2.75) is 13.3 Å². The first kappa shape index (κ1) is 19.9. The molecule has 4 rings (SSSR count). The number of aromatic nitrogens is 2. The number of aryl methyl sites for hydroxylation is 1. The Bertz CT molecular complexity index is 1130. The number of nitriles is 1. The molecule has 6 heteroatoms.